The van der Waals surface area contributed by atoms with E-state index >= 15 is 0 Å². The fraction of sp³-hybridized carbons (Fsp3) is 0.263. The Morgan fingerprint density at radius 2 is 1.81 bits per heavy atom. The van der Waals surface area contributed by atoms with Crippen molar-refractivity contribution in [3.05, 3.63) is 58.9 Å². The van der Waals surface area contributed by atoms with Crippen LogP contribution in [0.2, 0.25) is 0 Å². The number of carbonyl (C=O) groups is 1. The van der Waals surface area contributed by atoms with Crippen LogP contribution in [0.25, 0.3) is 5.82 Å². The molecule has 0 amide bonds. The number of ether oxygens (including phenoxy) is 2. The van der Waals surface area contributed by atoms with E-state index in [0.29, 0.717) is 35.3 Å². The first-order valence-corrected chi connectivity index (χ1v) is 8.30. The predicted octanol–water partition coefficient (Wildman–Crippen LogP) is 3.56. The van der Waals surface area contributed by atoms with Gasteiger partial charge in [0.25, 0.3) is 0 Å². The molecular formula is C19H20N4O3. The maximum absolute atomic E-state index is 11.9. The van der Waals surface area contributed by atoms with Crippen molar-refractivity contribution in [2.24, 2.45) is 0 Å². The zero-order chi connectivity index (χ0) is 18.7. The molecule has 0 bridgehead atoms. The highest BCUT2D eigenvalue weighted by molar-refractivity contribution is 5.90. The van der Waals surface area contributed by atoms with Gasteiger partial charge in [-0.3, -0.25) is 0 Å². The molecule has 0 saturated carbocycles. The number of hydrogen-bond acceptors (Lipinski definition) is 6. The average Bonchev–Trinajstić information content (AvgIpc) is 2.96. The lowest BCUT2D eigenvalue weighted by Gasteiger charge is -2.08. The summed E-state index contributed by atoms with van der Waals surface area (Å²) in [5.41, 5.74) is 3.27. The van der Waals surface area contributed by atoms with E-state index in [1.165, 1.54) is 6.20 Å². The summed E-state index contributed by atoms with van der Waals surface area (Å²) in [4.78, 5) is 11.9. The molecule has 2 heterocycles. The van der Waals surface area contributed by atoms with E-state index in [4.69, 9.17) is 9.47 Å². The minimum Gasteiger partial charge on any atom is -0.462 e. The van der Waals surface area contributed by atoms with Crippen LogP contribution in [0.1, 0.15) is 34.1 Å². The third-order valence-electron chi connectivity index (χ3n) is 3.77. The maximum Gasteiger partial charge on any atom is 0.341 e. The van der Waals surface area contributed by atoms with Gasteiger partial charge in [-0.05, 0) is 57.0 Å². The summed E-state index contributed by atoms with van der Waals surface area (Å²) in [6, 6.07) is 9.39. The second-order valence-corrected chi connectivity index (χ2v) is 5.93. The van der Waals surface area contributed by atoms with E-state index in [1.54, 1.807) is 30.7 Å². The van der Waals surface area contributed by atoms with Crippen LogP contribution in [-0.2, 0) is 4.74 Å². The normalized spacial score (nSPS) is 10.6. The van der Waals surface area contributed by atoms with E-state index in [0.717, 1.165) is 11.1 Å². The molecule has 0 unspecified atom stereocenters. The molecule has 26 heavy (non-hydrogen) atoms. The summed E-state index contributed by atoms with van der Waals surface area (Å²) >= 11 is 0. The number of aryl methyl sites for hydroxylation is 2. The second-order valence-electron chi connectivity index (χ2n) is 5.93. The molecule has 3 rings (SSSR count). The van der Waals surface area contributed by atoms with Crippen molar-refractivity contribution in [2.75, 3.05) is 6.61 Å². The lowest BCUT2D eigenvalue weighted by Crippen LogP contribution is -2.08. The van der Waals surface area contributed by atoms with Gasteiger partial charge < -0.3 is 9.47 Å². The van der Waals surface area contributed by atoms with Gasteiger partial charge in [0.1, 0.15) is 11.3 Å². The van der Waals surface area contributed by atoms with Gasteiger partial charge in [0.05, 0.1) is 18.5 Å². The molecule has 134 valence electrons. The minimum atomic E-state index is -0.404. The second kappa shape index (κ2) is 7.35. The quantitative estimate of drug-likeness (QED) is 0.653. The Kier molecular flexibility index (Phi) is 4.97. The highest BCUT2D eigenvalue weighted by atomic mass is 16.5. The highest BCUT2D eigenvalue weighted by Crippen LogP contribution is 2.22. The lowest BCUT2D eigenvalue weighted by atomic mass is 10.1. The van der Waals surface area contributed by atoms with Crippen molar-refractivity contribution in [2.45, 2.75) is 27.7 Å². The SMILES string of the molecule is CCOC(=O)c1cnn(-c2ccc(Oc3cc(C)cc(C)c3)nn2)c1C. The number of aromatic nitrogens is 4. The van der Waals surface area contributed by atoms with Gasteiger partial charge in [0.15, 0.2) is 5.82 Å². The van der Waals surface area contributed by atoms with Crippen molar-refractivity contribution in [3.63, 3.8) is 0 Å². The molecule has 3 aromatic rings. The van der Waals surface area contributed by atoms with Crippen molar-refractivity contribution in [1.82, 2.24) is 20.0 Å². The average molecular weight is 352 g/mol. The van der Waals surface area contributed by atoms with Gasteiger partial charge >= 0.3 is 5.97 Å². The molecule has 0 N–H and O–H groups in total. The van der Waals surface area contributed by atoms with E-state index in [9.17, 15) is 4.79 Å². The van der Waals surface area contributed by atoms with Crippen LogP contribution in [0.3, 0.4) is 0 Å². The summed E-state index contributed by atoms with van der Waals surface area (Å²) in [6.45, 7) is 7.87. The maximum atomic E-state index is 11.9. The summed E-state index contributed by atoms with van der Waals surface area (Å²) in [6.07, 6.45) is 1.47. The largest absolute Gasteiger partial charge is 0.462 e. The number of esters is 1. The van der Waals surface area contributed by atoms with Crippen molar-refractivity contribution >= 4 is 5.97 Å². The van der Waals surface area contributed by atoms with Crippen LogP contribution in [0.5, 0.6) is 11.6 Å². The Balaban J connectivity index is 1.81. The first-order valence-electron chi connectivity index (χ1n) is 8.30. The van der Waals surface area contributed by atoms with E-state index in [2.05, 4.69) is 21.4 Å². The van der Waals surface area contributed by atoms with Crippen LogP contribution < -0.4 is 4.74 Å². The Labute approximate surface area is 151 Å². The number of rotatable bonds is 5. The van der Waals surface area contributed by atoms with E-state index in [-0.39, 0.29) is 0 Å². The standard InChI is InChI=1S/C19H20N4O3/c1-5-25-19(24)16-11-20-23(14(16)4)17-6-7-18(22-21-17)26-15-9-12(2)8-13(3)10-15/h6-11H,5H2,1-4H3. The molecule has 1 aromatic carbocycles. The smallest absolute Gasteiger partial charge is 0.341 e. The number of carbonyl (C=O) groups excluding carboxylic acids is 1. The van der Waals surface area contributed by atoms with Crippen LogP contribution in [0.15, 0.2) is 36.5 Å². The molecule has 0 radical (unpaired) electrons. The summed E-state index contributed by atoms with van der Waals surface area (Å²) in [5, 5.41) is 12.4. The Hall–Kier alpha value is -3.22. The third kappa shape index (κ3) is 3.72. The molecule has 7 heteroatoms. The molecule has 0 saturated heterocycles. The van der Waals surface area contributed by atoms with E-state index in [1.807, 2.05) is 26.0 Å². The van der Waals surface area contributed by atoms with Gasteiger partial charge in [0.2, 0.25) is 5.88 Å². The molecular weight excluding hydrogens is 332 g/mol. The van der Waals surface area contributed by atoms with Crippen LogP contribution in [0, 0.1) is 20.8 Å². The lowest BCUT2D eigenvalue weighted by molar-refractivity contribution is 0.0525. The van der Waals surface area contributed by atoms with Crippen LogP contribution in [0.4, 0.5) is 0 Å². The zero-order valence-electron chi connectivity index (χ0n) is 15.2. The first kappa shape index (κ1) is 17.6. The van der Waals surface area contributed by atoms with Gasteiger partial charge in [-0.25, -0.2) is 9.48 Å². The summed E-state index contributed by atoms with van der Waals surface area (Å²) in [5.74, 6) is 1.18. The third-order valence-corrected chi connectivity index (χ3v) is 3.77. The zero-order valence-corrected chi connectivity index (χ0v) is 15.2. The fourth-order valence-electron chi connectivity index (χ4n) is 2.64. The Morgan fingerprint density at radius 3 is 2.42 bits per heavy atom. The van der Waals surface area contributed by atoms with Crippen LogP contribution in [-0.4, -0.2) is 32.6 Å². The molecule has 7 nitrogen and oxygen atoms in total. The van der Waals surface area contributed by atoms with E-state index < -0.39 is 5.97 Å². The molecule has 0 spiro atoms. The molecule has 0 fully saturated rings. The van der Waals surface area contributed by atoms with Crippen molar-refractivity contribution < 1.29 is 14.3 Å². The number of benzene rings is 1. The summed E-state index contributed by atoms with van der Waals surface area (Å²) < 4.78 is 12.3. The number of hydrogen-bond donors (Lipinski definition) is 0. The molecule has 0 aliphatic heterocycles. The number of nitrogens with zero attached hydrogens (tertiary/aromatic N) is 4. The Morgan fingerprint density at radius 1 is 1.08 bits per heavy atom. The van der Waals surface area contributed by atoms with Crippen molar-refractivity contribution in [3.8, 4) is 17.4 Å². The monoisotopic (exact) mass is 352 g/mol. The Bertz CT molecular complexity index is 912. The van der Waals surface area contributed by atoms with Gasteiger partial charge in [0, 0.05) is 6.07 Å². The van der Waals surface area contributed by atoms with Crippen molar-refractivity contribution in [1.29, 1.82) is 0 Å². The molecule has 2 aromatic heterocycles. The van der Waals surface area contributed by atoms with Gasteiger partial charge in [-0.2, -0.15) is 5.10 Å². The van der Waals surface area contributed by atoms with Gasteiger partial charge in [-0.15, -0.1) is 10.2 Å². The highest BCUT2D eigenvalue weighted by Gasteiger charge is 2.17. The predicted molar refractivity (Wildman–Crippen MR) is 95.8 cm³/mol. The summed E-state index contributed by atoms with van der Waals surface area (Å²) in [7, 11) is 0. The minimum absolute atomic E-state index is 0.313. The van der Waals surface area contributed by atoms with Crippen LogP contribution >= 0.6 is 0 Å². The molecule has 0 aliphatic carbocycles. The fourth-order valence-corrected chi connectivity index (χ4v) is 2.64. The first-order chi connectivity index (χ1) is 12.5. The molecule has 0 aliphatic rings. The topological polar surface area (TPSA) is 79.1 Å². The van der Waals surface area contributed by atoms with Gasteiger partial charge in [-0.1, -0.05) is 6.07 Å². The molecule has 0 atom stereocenters.